The van der Waals surface area contributed by atoms with Crippen molar-refractivity contribution in [3.63, 3.8) is 0 Å². The number of aliphatic hydroxyl groups excluding tert-OH is 1. The normalized spacial score (nSPS) is 18.3. The second-order valence-corrected chi connectivity index (χ2v) is 5.48. The van der Waals surface area contributed by atoms with E-state index in [9.17, 15) is 0 Å². The first kappa shape index (κ1) is 10.8. The van der Waals surface area contributed by atoms with E-state index in [1.807, 2.05) is 22.6 Å². The van der Waals surface area contributed by atoms with Gasteiger partial charge in [0.05, 0.1) is 19.3 Å². The molecule has 88 valence electrons. The lowest BCUT2D eigenvalue weighted by Crippen LogP contribution is -2.12. The third-order valence-electron chi connectivity index (χ3n) is 2.85. The minimum Gasteiger partial charge on any atom is -0.390 e. The van der Waals surface area contributed by atoms with E-state index in [2.05, 4.69) is 34.6 Å². The molecule has 1 aromatic heterocycles. The zero-order chi connectivity index (χ0) is 11.7. The predicted molar refractivity (Wildman–Crippen MR) is 65.7 cm³/mol. The third kappa shape index (κ3) is 2.21. The maximum Gasteiger partial charge on any atom is 0.108 e. The highest BCUT2D eigenvalue weighted by molar-refractivity contribution is 8.00. The summed E-state index contributed by atoms with van der Waals surface area (Å²) >= 11 is 1.90. The highest BCUT2D eigenvalue weighted by Crippen LogP contribution is 2.37. The van der Waals surface area contributed by atoms with E-state index in [4.69, 9.17) is 5.11 Å². The second kappa shape index (κ2) is 4.50. The van der Waals surface area contributed by atoms with Crippen LogP contribution < -0.4 is 0 Å². The molecule has 1 aliphatic rings. The first-order valence-electron chi connectivity index (χ1n) is 5.59. The standard InChI is InChI=1S/C12H13N3OS/c16-8-10-6-15(14-13-10)7-11-5-9-3-1-2-4-12(9)17-11/h1-4,6,11,16H,5,7-8H2. The monoisotopic (exact) mass is 247 g/mol. The number of fused-ring (bicyclic) bond motifs is 1. The Morgan fingerprint density at radius 2 is 2.29 bits per heavy atom. The van der Waals surface area contributed by atoms with Crippen LogP contribution in [-0.4, -0.2) is 25.4 Å². The third-order valence-corrected chi connectivity index (χ3v) is 4.15. The van der Waals surface area contributed by atoms with Crippen molar-refractivity contribution in [3.8, 4) is 0 Å². The van der Waals surface area contributed by atoms with E-state index in [1.54, 1.807) is 0 Å². The highest BCUT2D eigenvalue weighted by atomic mass is 32.2. The molecule has 0 amide bonds. The Kier molecular flexibility index (Phi) is 2.86. The van der Waals surface area contributed by atoms with Crippen LogP contribution in [0.1, 0.15) is 11.3 Å². The van der Waals surface area contributed by atoms with Crippen LogP contribution in [-0.2, 0) is 19.6 Å². The Morgan fingerprint density at radius 3 is 3.06 bits per heavy atom. The van der Waals surface area contributed by atoms with Gasteiger partial charge in [0, 0.05) is 10.1 Å². The molecule has 1 aliphatic heterocycles. The van der Waals surface area contributed by atoms with Gasteiger partial charge >= 0.3 is 0 Å². The van der Waals surface area contributed by atoms with Crippen LogP contribution in [0.4, 0.5) is 0 Å². The summed E-state index contributed by atoms with van der Waals surface area (Å²) in [5.74, 6) is 0. The quantitative estimate of drug-likeness (QED) is 0.892. The Hall–Kier alpha value is -1.33. The molecule has 4 nitrogen and oxygen atoms in total. The van der Waals surface area contributed by atoms with Crippen molar-refractivity contribution in [1.82, 2.24) is 15.0 Å². The molecule has 0 bridgehead atoms. The first-order valence-corrected chi connectivity index (χ1v) is 6.47. The van der Waals surface area contributed by atoms with Gasteiger partial charge in [0.1, 0.15) is 5.69 Å². The van der Waals surface area contributed by atoms with Crippen LogP contribution in [0.3, 0.4) is 0 Å². The number of hydrogen-bond acceptors (Lipinski definition) is 4. The fourth-order valence-corrected chi connectivity index (χ4v) is 3.37. The van der Waals surface area contributed by atoms with Crippen molar-refractivity contribution in [2.75, 3.05) is 0 Å². The summed E-state index contributed by atoms with van der Waals surface area (Å²) in [5.41, 5.74) is 2.05. The van der Waals surface area contributed by atoms with E-state index in [-0.39, 0.29) is 6.61 Å². The molecule has 1 unspecified atom stereocenters. The van der Waals surface area contributed by atoms with E-state index >= 15 is 0 Å². The van der Waals surface area contributed by atoms with Crippen LogP contribution >= 0.6 is 11.8 Å². The van der Waals surface area contributed by atoms with Crippen molar-refractivity contribution in [2.45, 2.75) is 29.7 Å². The number of benzene rings is 1. The maximum absolute atomic E-state index is 8.93. The van der Waals surface area contributed by atoms with Gasteiger partial charge in [0.2, 0.25) is 0 Å². The first-order chi connectivity index (χ1) is 8.35. The highest BCUT2D eigenvalue weighted by Gasteiger charge is 2.22. The molecule has 17 heavy (non-hydrogen) atoms. The molecule has 3 rings (SSSR count). The molecular weight excluding hydrogens is 234 g/mol. The van der Waals surface area contributed by atoms with E-state index in [1.165, 1.54) is 10.5 Å². The van der Waals surface area contributed by atoms with E-state index in [0.29, 0.717) is 10.9 Å². The number of aromatic nitrogens is 3. The van der Waals surface area contributed by atoms with Gasteiger partial charge in [0.15, 0.2) is 0 Å². The lowest BCUT2D eigenvalue weighted by molar-refractivity contribution is 0.276. The van der Waals surface area contributed by atoms with Crippen molar-refractivity contribution in [1.29, 1.82) is 0 Å². The van der Waals surface area contributed by atoms with Crippen molar-refractivity contribution >= 4 is 11.8 Å². The SMILES string of the molecule is OCc1cn(CC2Cc3ccccc3S2)nn1. The Labute approximate surface area is 104 Å². The molecule has 1 aromatic carbocycles. The Morgan fingerprint density at radius 1 is 1.41 bits per heavy atom. The lowest BCUT2D eigenvalue weighted by atomic mass is 10.1. The minimum atomic E-state index is -0.0436. The van der Waals surface area contributed by atoms with E-state index < -0.39 is 0 Å². The van der Waals surface area contributed by atoms with Gasteiger partial charge in [0.25, 0.3) is 0 Å². The topological polar surface area (TPSA) is 50.9 Å². The van der Waals surface area contributed by atoms with Crippen molar-refractivity contribution < 1.29 is 5.11 Å². The molecule has 0 fully saturated rings. The molecule has 0 saturated heterocycles. The molecule has 2 aromatic rings. The van der Waals surface area contributed by atoms with Gasteiger partial charge in [-0.3, -0.25) is 4.68 Å². The average Bonchev–Trinajstić information content (AvgIpc) is 2.94. The van der Waals surface area contributed by atoms with Crippen LogP contribution in [0.15, 0.2) is 35.4 Å². The second-order valence-electron chi connectivity index (χ2n) is 4.14. The van der Waals surface area contributed by atoms with Gasteiger partial charge < -0.3 is 5.11 Å². The van der Waals surface area contributed by atoms with Crippen LogP contribution in [0, 0.1) is 0 Å². The number of hydrogen-bond donors (Lipinski definition) is 1. The number of thioether (sulfide) groups is 1. The minimum absolute atomic E-state index is 0.0436. The van der Waals surface area contributed by atoms with E-state index in [0.717, 1.165) is 13.0 Å². The zero-order valence-electron chi connectivity index (χ0n) is 9.28. The summed E-state index contributed by atoms with van der Waals surface area (Å²) in [5, 5.41) is 17.3. The van der Waals surface area contributed by atoms with Crippen LogP contribution in [0.5, 0.6) is 0 Å². The molecular formula is C12H13N3OS. The largest absolute Gasteiger partial charge is 0.390 e. The molecule has 1 N–H and O–H groups in total. The fourth-order valence-electron chi connectivity index (χ4n) is 2.06. The number of nitrogens with zero attached hydrogens (tertiary/aromatic N) is 3. The molecule has 2 heterocycles. The van der Waals surface area contributed by atoms with Crippen LogP contribution in [0.25, 0.3) is 0 Å². The molecule has 5 heteroatoms. The molecule has 0 saturated carbocycles. The summed E-state index contributed by atoms with van der Waals surface area (Å²) in [6.45, 7) is 0.796. The van der Waals surface area contributed by atoms with Gasteiger partial charge in [-0.25, -0.2) is 0 Å². The molecule has 1 atom stereocenters. The summed E-state index contributed by atoms with van der Waals surface area (Å²) in [4.78, 5) is 1.37. The van der Waals surface area contributed by atoms with Gasteiger partial charge in [-0.15, -0.1) is 16.9 Å². The zero-order valence-corrected chi connectivity index (χ0v) is 10.1. The summed E-state index contributed by atoms with van der Waals surface area (Å²) in [6, 6.07) is 8.51. The smallest absolute Gasteiger partial charge is 0.108 e. The predicted octanol–water partition coefficient (Wildman–Crippen LogP) is 1.49. The number of rotatable bonds is 3. The number of aliphatic hydroxyl groups is 1. The molecule has 0 radical (unpaired) electrons. The van der Waals surface area contributed by atoms with Gasteiger partial charge in [-0.1, -0.05) is 23.4 Å². The summed E-state index contributed by atoms with van der Waals surface area (Å²) in [6.07, 6.45) is 2.89. The lowest BCUT2D eigenvalue weighted by Gasteiger charge is -2.06. The van der Waals surface area contributed by atoms with Gasteiger partial charge in [-0.05, 0) is 18.1 Å². The summed E-state index contributed by atoms with van der Waals surface area (Å²) < 4.78 is 1.81. The Bertz CT molecular complexity index is 501. The Balaban J connectivity index is 1.69. The average molecular weight is 247 g/mol. The van der Waals surface area contributed by atoms with Gasteiger partial charge in [-0.2, -0.15) is 0 Å². The maximum atomic E-state index is 8.93. The molecule has 0 aliphatic carbocycles. The fraction of sp³-hybridized carbons (Fsp3) is 0.333. The van der Waals surface area contributed by atoms with Crippen molar-refractivity contribution in [2.24, 2.45) is 0 Å². The summed E-state index contributed by atoms with van der Waals surface area (Å²) in [7, 11) is 0. The van der Waals surface area contributed by atoms with Crippen molar-refractivity contribution in [3.05, 3.63) is 41.7 Å². The van der Waals surface area contributed by atoms with Crippen LogP contribution in [0.2, 0.25) is 0 Å². The molecule has 0 spiro atoms.